The third-order valence-electron chi connectivity index (χ3n) is 1.82. The fourth-order valence-electron chi connectivity index (χ4n) is 0.937. The predicted molar refractivity (Wildman–Crippen MR) is 64.6 cm³/mol. The molecular formula is C7H18Cl4N2Pt. The van der Waals surface area contributed by atoms with Crippen LogP contribution in [0.2, 0.25) is 0 Å². The summed E-state index contributed by atoms with van der Waals surface area (Å²) in [5.74, 6) is 0. The van der Waals surface area contributed by atoms with Crippen LogP contribution in [0.5, 0.6) is 0 Å². The number of hydrogen-bond donors (Lipinski definition) is 2. The van der Waals surface area contributed by atoms with Gasteiger partial charge in [0.05, 0.1) is 0 Å². The Balaban J connectivity index is 0.000000280. The molecule has 0 atom stereocenters. The van der Waals surface area contributed by atoms with Gasteiger partial charge in [-0.25, -0.2) is 0 Å². The van der Waals surface area contributed by atoms with Gasteiger partial charge in [-0.2, -0.15) is 0 Å². The molecule has 1 aliphatic rings. The van der Waals surface area contributed by atoms with Gasteiger partial charge in [0.25, 0.3) is 0 Å². The van der Waals surface area contributed by atoms with Gasteiger partial charge in [-0.05, 0) is 0 Å². The summed E-state index contributed by atoms with van der Waals surface area (Å²) in [7, 11) is 17.8. The van der Waals surface area contributed by atoms with E-state index in [4.69, 9.17) is 49.1 Å². The van der Waals surface area contributed by atoms with Crippen molar-refractivity contribution < 1.29 is 9.39 Å². The van der Waals surface area contributed by atoms with Crippen molar-refractivity contribution in [2.75, 3.05) is 9.87 Å². The average molecular weight is 467 g/mol. The molecule has 0 aromatic rings. The Kier molecular flexibility index (Phi) is 5.58. The average Bonchev–Trinajstić information content (AvgIpc) is 2.61. The Hall–Kier alpha value is 1.77. The van der Waals surface area contributed by atoms with Crippen molar-refractivity contribution in [3.8, 4) is 0 Å². The van der Waals surface area contributed by atoms with Crippen LogP contribution in [-0.4, -0.2) is 9.87 Å². The second-order valence-electron chi connectivity index (χ2n) is 3.13. The molecule has 0 aromatic carbocycles. The van der Waals surface area contributed by atoms with Crippen LogP contribution in [0.1, 0.15) is 32.1 Å². The van der Waals surface area contributed by atoms with Gasteiger partial charge in [-0.15, -0.1) is 0 Å². The molecule has 0 bridgehead atoms. The van der Waals surface area contributed by atoms with E-state index in [9.17, 15) is 0 Å². The van der Waals surface area contributed by atoms with Crippen LogP contribution in [0.3, 0.4) is 0 Å². The van der Waals surface area contributed by atoms with Gasteiger partial charge < -0.3 is 0 Å². The molecule has 94 valence electrons. The van der Waals surface area contributed by atoms with E-state index in [1.165, 1.54) is 32.1 Å². The van der Waals surface area contributed by atoms with Crippen molar-refractivity contribution in [3.63, 3.8) is 0 Å². The van der Waals surface area contributed by atoms with Crippen LogP contribution >= 0.6 is 37.7 Å². The monoisotopic (exact) mass is 465 g/mol. The fraction of sp³-hybridized carbons (Fsp3) is 1.00. The van der Waals surface area contributed by atoms with Crippen molar-refractivity contribution in [1.29, 1.82) is 0 Å². The Labute approximate surface area is 99.8 Å². The molecule has 4 N–H and O–H groups in total. The van der Waals surface area contributed by atoms with E-state index in [2.05, 4.69) is 0 Å². The molecule has 0 aromatic heterocycles. The fourth-order valence-corrected chi connectivity index (χ4v) is 1.32. The maximum absolute atomic E-state index is 5.65. The van der Waals surface area contributed by atoms with Gasteiger partial charge in [-0.3, -0.25) is 0 Å². The second-order valence-corrected chi connectivity index (χ2v) is 41.7. The molecule has 0 heterocycles. The molecule has 0 amide bonds. The molecule has 1 fully saturated rings. The first-order valence-electron chi connectivity index (χ1n) is 4.24. The predicted octanol–water partition coefficient (Wildman–Crippen LogP) is 3.61. The summed E-state index contributed by atoms with van der Waals surface area (Å²) < 4.78 is 0. The molecule has 0 aliphatic heterocycles. The minimum absolute atomic E-state index is 0.155. The van der Waals surface area contributed by atoms with Crippen LogP contribution in [0.25, 0.3) is 0 Å². The first-order valence-corrected chi connectivity index (χ1v) is 18.7. The van der Waals surface area contributed by atoms with E-state index in [1.54, 1.807) is 0 Å². The van der Waals surface area contributed by atoms with Crippen molar-refractivity contribution in [1.82, 2.24) is 0 Å². The Morgan fingerprint density at radius 2 is 0.929 bits per heavy atom. The van der Waals surface area contributed by atoms with Crippen molar-refractivity contribution in [3.05, 3.63) is 0 Å². The SMILES string of the molecule is C1CCCC1.N[CH2][Pt]([Cl])([Cl])([Cl])([Cl])[CH2]N. The summed E-state index contributed by atoms with van der Waals surface area (Å²) in [5.41, 5.74) is 10.3. The molecular weight excluding hydrogens is 449 g/mol. The topological polar surface area (TPSA) is 52.0 Å². The van der Waals surface area contributed by atoms with Crippen LogP contribution < -0.4 is 11.5 Å². The molecule has 0 unspecified atom stereocenters. The van der Waals surface area contributed by atoms with Gasteiger partial charge >= 0.3 is 68.4 Å². The van der Waals surface area contributed by atoms with E-state index in [-0.39, 0.29) is 9.87 Å². The van der Waals surface area contributed by atoms with E-state index in [0.29, 0.717) is 0 Å². The minimum atomic E-state index is -4.79. The zero-order valence-corrected chi connectivity index (χ0v) is 13.2. The van der Waals surface area contributed by atoms with Gasteiger partial charge in [0.2, 0.25) is 0 Å². The van der Waals surface area contributed by atoms with Gasteiger partial charge in [-0.1, -0.05) is 32.1 Å². The van der Waals surface area contributed by atoms with Crippen molar-refractivity contribution in [2.24, 2.45) is 11.5 Å². The number of nitrogens with two attached hydrogens (primary N) is 2. The van der Waals surface area contributed by atoms with Crippen LogP contribution in [0, 0.1) is 0 Å². The van der Waals surface area contributed by atoms with Crippen LogP contribution in [-0.2, 0) is 9.39 Å². The number of rotatable bonds is 2. The third kappa shape index (κ3) is 7.98. The van der Waals surface area contributed by atoms with Crippen LogP contribution in [0.15, 0.2) is 0 Å². The molecule has 7 heteroatoms. The Bertz CT molecular complexity index is 167. The zero-order valence-electron chi connectivity index (χ0n) is 7.93. The molecule has 14 heavy (non-hydrogen) atoms. The molecule has 0 radical (unpaired) electrons. The van der Waals surface area contributed by atoms with E-state index >= 15 is 0 Å². The summed E-state index contributed by atoms with van der Waals surface area (Å²) in [5, 5.41) is 0. The van der Waals surface area contributed by atoms with Gasteiger partial charge in [0.15, 0.2) is 0 Å². The number of halogens is 4. The van der Waals surface area contributed by atoms with Crippen molar-refractivity contribution >= 4 is 37.7 Å². The standard InChI is InChI=1S/C5H10.2CH4N.4ClH.Pt/c1-2-4-5-3-1;2*1-2;;;;;/h1-5H2;2*1-2H2;4*1H;/q;;;;;;;+4/p-4. The molecule has 0 spiro atoms. The van der Waals surface area contributed by atoms with Gasteiger partial charge in [0.1, 0.15) is 0 Å². The Morgan fingerprint density at radius 3 is 1.00 bits per heavy atom. The first-order chi connectivity index (χ1) is 6.12. The molecule has 2 nitrogen and oxygen atoms in total. The zero-order chi connectivity index (χ0) is 11.4. The summed E-state index contributed by atoms with van der Waals surface area (Å²) in [6.07, 6.45) is 7.50. The summed E-state index contributed by atoms with van der Waals surface area (Å²) in [6, 6.07) is 0. The maximum atomic E-state index is 5.65. The molecule has 1 rings (SSSR count). The third-order valence-corrected chi connectivity index (χ3v) is 12.3. The van der Waals surface area contributed by atoms with E-state index in [1.807, 2.05) is 0 Å². The quantitative estimate of drug-likeness (QED) is 0.653. The first kappa shape index (κ1) is 15.8. The molecule has 1 aliphatic carbocycles. The van der Waals surface area contributed by atoms with E-state index < -0.39 is 9.39 Å². The second kappa shape index (κ2) is 4.96. The number of hydrogen-bond acceptors (Lipinski definition) is 2. The Morgan fingerprint density at radius 1 is 0.714 bits per heavy atom. The van der Waals surface area contributed by atoms with Gasteiger partial charge in [0, 0.05) is 0 Å². The molecule has 0 saturated heterocycles. The van der Waals surface area contributed by atoms with Crippen molar-refractivity contribution in [2.45, 2.75) is 32.1 Å². The van der Waals surface area contributed by atoms with Crippen LogP contribution in [0.4, 0.5) is 0 Å². The normalized spacial score (nSPS) is 21.9. The summed E-state index contributed by atoms with van der Waals surface area (Å²) in [6.45, 7) is 0. The summed E-state index contributed by atoms with van der Waals surface area (Å²) in [4.78, 5) is -0.309. The molecule has 1 saturated carbocycles. The van der Waals surface area contributed by atoms with E-state index in [0.717, 1.165) is 0 Å². The summed E-state index contributed by atoms with van der Waals surface area (Å²) >= 11 is 0.